The van der Waals surface area contributed by atoms with Gasteiger partial charge in [0.15, 0.2) is 0 Å². The third kappa shape index (κ3) is 4.70. The Morgan fingerprint density at radius 2 is 2.10 bits per heavy atom. The van der Waals surface area contributed by atoms with E-state index in [0.717, 1.165) is 31.8 Å². The van der Waals surface area contributed by atoms with Crippen molar-refractivity contribution in [2.75, 3.05) is 40.3 Å². The van der Waals surface area contributed by atoms with Crippen LogP contribution < -0.4 is 4.74 Å². The van der Waals surface area contributed by atoms with E-state index in [2.05, 4.69) is 55.9 Å². The second-order valence-electron chi connectivity index (χ2n) is 6.42. The number of hydrogen-bond donors (Lipinski definition) is 1. The largest absolute Gasteiger partial charge is 0.492 e. The lowest BCUT2D eigenvalue weighted by atomic mass is 10.1. The van der Waals surface area contributed by atoms with Gasteiger partial charge in [-0.2, -0.15) is 0 Å². The van der Waals surface area contributed by atoms with E-state index in [4.69, 9.17) is 4.74 Å². The van der Waals surface area contributed by atoms with Crippen LogP contribution in [0.5, 0.6) is 5.75 Å². The van der Waals surface area contributed by atoms with Crippen molar-refractivity contribution >= 4 is 0 Å². The van der Waals surface area contributed by atoms with Gasteiger partial charge in [0.25, 0.3) is 0 Å². The van der Waals surface area contributed by atoms with Crippen LogP contribution in [-0.2, 0) is 0 Å². The molecule has 2 rings (SSSR count). The molecule has 1 heterocycles. The summed E-state index contributed by atoms with van der Waals surface area (Å²) in [4.78, 5) is 4.52. The molecule has 0 spiro atoms. The van der Waals surface area contributed by atoms with Crippen LogP contribution in [0.25, 0.3) is 0 Å². The molecular weight excluding hydrogens is 264 g/mol. The number of rotatable bonds is 6. The van der Waals surface area contributed by atoms with Gasteiger partial charge in [0.1, 0.15) is 12.4 Å². The lowest BCUT2D eigenvalue weighted by Gasteiger charge is -2.26. The lowest BCUT2D eigenvalue weighted by Crippen LogP contribution is -2.39. The van der Waals surface area contributed by atoms with Gasteiger partial charge in [0.05, 0.1) is 6.10 Å². The van der Waals surface area contributed by atoms with E-state index >= 15 is 0 Å². The molecule has 0 bridgehead atoms. The second kappa shape index (κ2) is 7.25. The molecule has 1 aliphatic heterocycles. The monoisotopic (exact) mass is 292 g/mol. The average Bonchev–Trinajstić information content (AvgIpc) is 2.73. The summed E-state index contributed by atoms with van der Waals surface area (Å²) in [5, 5.41) is 9.88. The number of likely N-dealkylation sites (tertiary alicyclic amines) is 1. The molecule has 1 aromatic rings. The normalized spacial score (nSPS) is 23.0. The minimum absolute atomic E-state index is 0.198. The van der Waals surface area contributed by atoms with Crippen LogP contribution in [0.4, 0.5) is 0 Å². The molecule has 2 unspecified atom stereocenters. The summed E-state index contributed by atoms with van der Waals surface area (Å²) in [5.74, 6) is 0.971. The molecule has 4 nitrogen and oxygen atoms in total. The number of likely N-dealkylation sites (N-methyl/N-ethyl adjacent to an activating group) is 1. The van der Waals surface area contributed by atoms with Crippen molar-refractivity contribution in [3.05, 3.63) is 29.3 Å². The summed E-state index contributed by atoms with van der Waals surface area (Å²) in [6, 6.07) is 6.72. The van der Waals surface area contributed by atoms with Gasteiger partial charge in [0.2, 0.25) is 0 Å². The first-order valence-corrected chi connectivity index (χ1v) is 7.72. The molecule has 0 amide bonds. The number of aliphatic hydroxyl groups excluding tert-OH is 1. The first-order valence-electron chi connectivity index (χ1n) is 7.72. The van der Waals surface area contributed by atoms with E-state index in [1.165, 1.54) is 11.1 Å². The van der Waals surface area contributed by atoms with Crippen LogP contribution in [0, 0.1) is 13.8 Å². The molecule has 1 aliphatic rings. The maximum Gasteiger partial charge on any atom is 0.122 e. The van der Waals surface area contributed by atoms with Gasteiger partial charge in [-0.05, 0) is 51.6 Å². The smallest absolute Gasteiger partial charge is 0.122 e. The summed E-state index contributed by atoms with van der Waals surface area (Å²) < 4.78 is 5.93. The van der Waals surface area contributed by atoms with Crippen LogP contribution in [0.1, 0.15) is 17.5 Å². The van der Waals surface area contributed by atoms with E-state index in [0.29, 0.717) is 12.6 Å². The number of β-amino-alcohol motifs (C(OH)–C–C–N with tert-alkyl or cyclic N) is 1. The Morgan fingerprint density at radius 1 is 1.33 bits per heavy atom. The molecular formula is C17H28N2O2. The number of aliphatic hydroxyl groups is 1. The lowest BCUT2D eigenvalue weighted by molar-refractivity contribution is 0.155. The number of hydrogen-bond acceptors (Lipinski definition) is 4. The summed E-state index contributed by atoms with van der Waals surface area (Å²) >= 11 is 0. The van der Waals surface area contributed by atoms with E-state index in [9.17, 15) is 5.11 Å². The standard InChI is InChI=1S/C17H28N2O2/c1-13-5-6-14(2)17(9-13)21-8-7-19-12-16(20)10-15(19)11-18(3)4/h5-6,9,15-16,20H,7-8,10-12H2,1-4H3. The topological polar surface area (TPSA) is 35.9 Å². The van der Waals surface area contributed by atoms with Crippen molar-refractivity contribution in [2.45, 2.75) is 32.4 Å². The molecule has 1 aromatic carbocycles. The zero-order valence-electron chi connectivity index (χ0n) is 13.7. The van der Waals surface area contributed by atoms with Gasteiger partial charge in [-0.25, -0.2) is 0 Å². The zero-order chi connectivity index (χ0) is 15.4. The molecule has 21 heavy (non-hydrogen) atoms. The third-order valence-electron chi connectivity index (χ3n) is 4.06. The number of benzene rings is 1. The first kappa shape index (κ1) is 16.3. The molecule has 1 fully saturated rings. The fraction of sp³-hybridized carbons (Fsp3) is 0.647. The van der Waals surface area contributed by atoms with Crippen molar-refractivity contribution in [1.29, 1.82) is 0 Å². The van der Waals surface area contributed by atoms with Crippen LogP contribution >= 0.6 is 0 Å². The van der Waals surface area contributed by atoms with E-state index in [1.54, 1.807) is 0 Å². The Balaban J connectivity index is 1.85. The second-order valence-corrected chi connectivity index (χ2v) is 6.42. The Hall–Kier alpha value is -1.10. The quantitative estimate of drug-likeness (QED) is 0.865. The van der Waals surface area contributed by atoms with E-state index < -0.39 is 0 Å². The van der Waals surface area contributed by atoms with Crippen molar-refractivity contribution in [2.24, 2.45) is 0 Å². The Labute approximate surface area is 128 Å². The number of aryl methyl sites for hydroxylation is 2. The zero-order valence-corrected chi connectivity index (χ0v) is 13.7. The highest BCUT2D eigenvalue weighted by Gasteiger charge is 2.30. The van der Waals surface area contributed by atoms with Crippen LogP contribution in [-0.4, -0.2) is 67.4 Å². The summed E-state index contributed by atoms with van der Waals surface area (Å²) in [6.07, 6.45) is 0.664. The number of ether oxygens (including phenoxy) is 1. The molecule has 0 radical (unpaired) electrons. The molecule has 0 aromatic heterocycles. The molecule has 4 heteroatoms. The highest BCUT2D eigenvalue weighted by Crippen LogP contribution is 2.21. The molecule has 2 atom stereocenters. The summed E-state index contributed by atoms with van der Waals surface area (Å²) in [5.41, 5.74) is 2.39. The van der Waals surface area contributed by atoms with Gasteiger partial charge < -0.3 is 14.7 Å². The molecule has 118 valence electrons. The molecule has 0 aliphatic carbocycles. The van der Waals surface area contributed by atoms with Gasteiger partial charge in [0, 0.05) is 25.7 Å². The highest BCUT2D eigenvalue weighted by molar-refractivity contribution is 5.35. The Morgan fingerprint density at radius 3 is 2.81 bits per heavy atom. The predicted molar refractivity (Wildman–Crippen MR) is 85.9 cm³/mol. The van der Waals surface area contributed by atoms with Gasteiger partial charge in [-0.1, -0.05) is 12.1 Å². The van der Waals surface area contributed by atoms with E-state index in [-0.39, 0.29) is 6.10 Å². The van der Waals surface area contributed by atoms with Crippen LogP contribution in [0.15, 0.2) is 18.2 Å². The maximum absolute atomic E-state index is 9.88. The third-order valence-corrected chi connectivity index (χ3v) is 4.06. The van der Waals surface area contributed by atoms with Crippen molar-refractivity contribution < 1.29 is 9.84 Å². The minimum Gasteiger partial charge on any atom is -0.492 e. The maximum atomic E-state index is 9.88. The first-order chi connectivity index (χ1) is 9.95. The number of nitrogens with zero attached hydrogens (tertiary/aromatic N) is 2. The van der Waals surface area contributed by atoms with Gasteiger partial charge >= 0.3 is 0 Å². The van der Waals surface area contributed by atoms with Crippen molar-refractivity contribution in [1.82, 2.24) is 9.80 Å². The highest BCUT2D eigenvalue weighted by atomic mass is 16.5. The van der Waals surface area contributed by atoms with E-state index in [1.807, 2.05) is 0 Å². The van der Waals surface area contributed by atoms with Gasteiger partial charge in [-0.3, -0.25) is 4.90 Å². The summed E-state index contributed by atoms with van der Waals surface area (Å²) in [7, 11) is 4.16. The molecule has 1 N–H and O–H groups in total. The fourth-order valence-corrected chi connectivity index (χ4v) is 2.98. The molecule has 1 saturated heterocycles. The van der Waals surface area contributed by atoms with Crippen molar-refractivity contribution in [3.63, 3.8) is 0 Å². The van der Waals surface area contributed by atoms with Gasteiger partial charge in [-0.15, -0.1) is 0 Å². The minimum atomic E-state index is -0.198. The fourth-order valence-electron chi connectivity index (χ4n) is 2.98. The average molecular weight is 292 g/mol. The Bertz CT molecular complexity index is 462. The van der Waals surface area contributed by atoms with Crippen LogP contribution in [0.2, 0.25) is 0 Å². The summed E-state index contributed by atoms with van der Waals surface area (Å²) in [6.45, 7) is 7.43. The SMILES string of the molecule is Cc1ccc(C)c(OCCN2CC(O)CC2CN(C)C)c1. The van der Waals surface area contributed by atoms with Crippen LogP contribution in [0.3, 0.4) is 0 Å². The molecule has 0 saturated carbocycles. The Kier molecular flexibility index (Phi) is 5.62. The van der Waals surface area contributed by atoms with Crippen molar-refractivity contribution in [3.8, 4) is 5.75 Å². The predicted octanol–water partition coefficient (Wildman–Crippen LogP) is 1.68.